The molecule has 2 fully saturated rings. The van der Waals surface area contributed by atoms with Gasteiger partial charge in [-0.25, -0.2) is 0 Å². The van der Waals surface area contributed by atoms with Gasteiger partial charge in [0.15, 0.2) is 11.5 Å². The lowest BCUT2D eigenvalue weighted by Gasteiger charge is -2.28. The highest BCUT2D eigenvalue weighted by molar-refractivity contribution is 8.18. The SMILES string of the molecule is CCOc1cc(/C=C2/SC(=O)N(CC(=O)Nc3ccc(N4CCOCC4)cc3)C2=O)ccc1OCc1cccc([N+](=O)[O-])c1. The number of ether oxygens (including phenoxy) is 3. The van der Waals surface area contributed by atoms with Crippen LogP contribution < -0.4 is 19.7 Å². The van der Waals surface area contributed by atoms with Gasteiger partial charge in [-0.15, -0.1) is 0 Å². The number of nitro benzene ring substituents is 1. The van der Waals surface area contributed by atoms with Crippen LogP contribution in [-0.4, -0.2) is 66.3 Å². The second-order valence-electron chi connectivity index (χ2n) is 9.82. The number of morpholine rings is 1. The van der Waals surface area contributed by atoms with Crippen molar-refractivity contribution in [2.75, 3.05) is 49.7 Å². The molecule has 2 saturated heterocycles. The number of nitrogens with zero attached hydrogens (tertiary/aromatic N) is 3. The number of benzene rings is 3. The lowest BCUT2D eigenvalue weighted by Crippen LogP contribution is -2.36. The fraction of sp³-hybridized carbons (Fsp3) is 0.258. The first kappa shape index (κ1) is 30.6. The van der Waals surface area contributed by atoms with E-state index in [0.717, 1.165) is 35.4 Å². The van der Waals surface area contributed by atoms with Crippen molar-refractivity contribution in [1.82, 2.24) is 4.90 Å². The highest BCUT2D eigenvalue weighted by Gasteiger charge is 2.36. The zero-order valence-corrected chi connectivity index (χ0v) is 24.7. The van der Waals surface area contributed by atoms with Crippen LogP contribution in [0.25, 0.3) is 6.08 Å². The molecule has 0 saturated carbocycles. The number of imide groups is 1. The highest BCUT2D eigenvalue weighted by atomic mass is 32.2. The number of hydrogen-bond acceptors (Lipinski definition) is 10. The smallest absolute Gasteiger partial charge is 0.294 e. The van der Waals surface area contributed by atoms with Crippen molar-refractivity contribution in [2.45, 2.75) is 13.5 Å². The second kappa shape index (κ2) is 14.1. The summed E-state index contributed by atoms with van der Waals surface area (Å²) in [5.41, 5.74) is 2.76. The van der Waals surface area contributed by atoms with Crippen molar-refractivity contribution >= 4 is 52.0 Å². The van der Waals surface area contributed by atoms with Gasteiger partial charge in [-0.2, -0.15) is 0 Å². The minimum absolute atomic E-state index is 0.0314. The van der Waals surface area contributed by atoms with E-state index in [0.29, 0.717) is 48.1 Å². The Morgan fingerprint density at radius 1 is 1.05 bits per heavy atom. The standard InChI is InChI=1S/C31H30N4O8S/c1-2-42-27-17-21(6-11-26(27)43-20-22-4-3-5-25(16-22)35(39)40)18-28-30(37)34(31(38)44-28)19-29(36)32-23-7-9-24(10-8-23)33-12-14-41-15-13-33/h3-11,16-18H,2,12-15,19-20H2,1H3,(H,32,36)/b28-18+. The summed E-state index contributed by atoms with van der Waals surface area (Å²) in [6, 6.07) is 18.6. The molecule has 44 heavy (non-hydrogen) atoms. The first-order valence-corrected chi connectivity index (χ1v) is 14.7. The van der Waals surface area contributed by atoms with E-state index < -0.39 is 28.5 Å². The van der Waals surface area contributed by atoms with Crippen molar-refractivity contribution in [1.29, 1.82) is 0 Å². The van der Waals surface area contributed by atoms with Gasteiger partial charge in [-0.05, 0) is 72.3 Å². The molecule has 13 heteroatoms. The summed E-state index contributed by atoms with van der Waals surface area (Å²) < 4.78 is 17.0. The molecule has 2 aliphatic heterocycles. The molecule has 0 aromatic heterocycles. The summed E-state index contributed by atoms with van der Waals surface area (Å²) in [7, 11) is 0. The van der Waals surface area contributed by atoms with E-state index in [4.69, 9.17) is 14.2 Å². The summed E-state index contributed by atoms with van der Waals surface area (Å²) in [5.74, 6) is -0.235. The molecular weight excluding hydrogens is 588 g/mol. The third-order valence-corrected chi connectivity index (χ3v) is 7.69. The molecule has 0 bridgehead atoms. The van der Waals surface area contributed by atoms with E-state index in [9.17, 15) is 24.5 Å². The molecule has 2 aliphatic rings. The molecule has 0 atom stereocenters. The predicted molar refractivity (Wildman–Crippen MR) is 166 cm³/mol. The van der Waals surface area contributed by atoms with Crippen LogP contribution in [0.4, 0.5) is 21.9 Å². The second-order valence-corrected chi connectivity index (χ2v) is 10.8. The van der Waals surface area contributed by atoms with Gasteiger partial charge in [0.25, 0.3) is 16.8 Å². The highest BCUT2D eigenvalue weighted by Crippen LogP contribution is 2.35. The molecule has 3 amide bonds. The third kappa shape index (κ3) is 7.54. The zero-order chi connectivity index (χ0) is 31.1. The Hall–Kier alpha value is -4.88. The van der Waals surface area contributed by atoms with Gasteiger partial charge >= 0.3 is 0 Å². The van der Waals surface area contributed by atoms with Gasteiger partial charge in [0.05, 0.1) is 29.6 Å². The third-order valence-electron chi connectivity index (χ3n) is 6.78. The van der Waals surface area contributed by atoms with E-state index >= 15 is 0 Å². The molecule has 5 rings (SSSR count). The minimum Gasteiger partial charge on any atom is -0.490 e. The number of nitro groups is 1. The number of thioether (sulfide) groups is 1. The van der Waals surface area contributed by atoms with Crippen molar-refractivity contribution < 1.29 is 33.5 Å². The number of non-ortho nitro benzene ring substituents is 1. The molecule has 12 nitrogen and oxygen atoms in total. The Kier molecular flexibility index (Phi) is 9.77. The Labute approximate surface area is 257 Å². The van der Waals surface area contributed by atoms with Crippen LogP contribution in [0.15, 0.2) is 71.6 Å². The zero-order valence-electron chi connectivity index (χ0n) is 23.9. The van der Waals surface area contributed by atoms with E-state index in [1.54, 1.807) is 48.5 Å². The summed E-state index contributed by atoms with van der Waals surface area (Å²) in [5, 5.41) is 13.3. The Bertz CT molecular complexity index is 1590. The molecular formula is C31H30N4O8S. The minimum atomic E-state index is -0.568. The van der Waals surface area contributed by atoms with E-state index in [-0.39, 0.29) is 17.2 Å². The van der Waals surface area contributed by atoms with Crippen LogP contribution in [0.5, 0.6) is 11.5 Å². The first-order valence-electron chi connectivity index (χ1n) is 13.9. The number of amides is 3. The quantitative estimate of drug-likeness (QED) is 0.176. The van der Waals surface area contributed by atoms with Gasteiger partial charge < -0.3 is 24.4 Å². The molecule has 3 aromatic carbocycles. The van der Waals surface area contributed by atoms with Gasteiger partial charge in [0, 0.05) is 36.6 Å². The molecule has 0 unspecified atom stereocenters. The molecule has 0 aliphatic carbocycles. The average molecular weight is 619 g/mol. The number of rotatable bonds is 11. The fourth-order valence-corrected chi connectivity index (χ4v) is 5.47. The van der Waals surface area contributed by atoms with Crippen LogP contribution in [0.2, 0.25) is 0 Å². The molecule has 228 valence electrons. The Balaban J connectivity index is 1.21. The van der Waals surface area contributed by atoms with E-state index in [2.05, 4.69) is 10.2 Å². The number of anilines is 2. The van der Waals surface area contributed by atoms with E-state index in [1.165, 1.54) is 12.1 Å². The van der Waals surface area contributed by atoms with Crippen LogP contribution in [0, 0.1) is 10.1 Å². The van der Waals surface area contributed by atoms with Gasteiger partial charge in [-0.3, -0.25) is 29.4 Å². The van der Waals surface area contributed by atoms with Crippen molar-refractivity contribution in [3.63, 3.8) is 0 Å². The van der Waals surface area contributed by atoms with Crippen LogP contribution in [-0.2, 0) is 20.9 Å². The topological polar surface area (TPSA) is 141 Å². The summed E-state index contributed by atoms with van der Waals surface area (Å²) in [6.07, 6.45) is 1.56. The maximum absolute atomic E-state index is 13.1. The monoisotopic (exact) mass is 618 g/mol. The van der Waals surface area contributed by atoms with Crippen LogP contribution in [0.1, 0.15) is 18.1 Å². The molecule has 0 radical (unpaired) electrons. The van der Waals surface area contributed by atoms with Crippen molar-refractivity contribution in [3.8, 4) is 11.5 Å². The lowest BCUT2D eigenvalue weighted by molar-refractivity contribution is -0.384. The number of carbonyl (C=O) groups excluding carboxylic acids is 3. The van der Waals surface area contributed by atoms with Gasteiger partial charge in [0.2, 0.25) is 5.91 Å². The summed E-state index contributed by atoms with van der Waals surface area (Å²) in [4.78, 5) is 52.3. The predicted octanol–water partition coefficient (Wildman–Crippen LogP) is 5.08. The normalized spacial score (nSPS) is 15.9. The maximum Gasteiger partial charge on any atom is 0.294 e. The Morgan fingerprint density at radius 3 is 2.55 bits per heavy atom. The summed E-state index contributed by atoms with van der Waals surface area (Å²) in [6.45, 7) is 4.76. The lowest BCUT2D eigenvalue weighted by atomic mass is 10.1. The maximum atomic E-state index is 13.1. The van der Waals surface area contributed by atoms with Crippen LogP contribution >= 0.6 is 11.8 Å². The van der Waals surface area contributed by atoms with Crippen molar-refractivity contribution in [3.05, 3.63) is 92.9 Å². The molecule has 0 spiro atoms. The van der Waals surface area contributed by atoms with Gasteiger partial charge in [-0.1, -0.05) is 18.2 Å². The van der Waals surface area contributed by atoms with Gasteiger partial charge in [0.1, 0.15) is 13.2 Å². The first-order chi connectivity index (χ1) is 21.3. The Morgan fingerprint density at radius 2 is 1.82 bits per heavy atom. The number of carbonyl (C=O) groups is 3. The molecule has 3 aromatic rings. The van der Waals surface area contributed by atoms with Crippen LogP contribution in [0.3, 0.4) is 0 Å². The number of nitrogens with one attached hydrogen (secondary N) is 1. The van der Waals surface area contributed by atoms with E-state index in [1.807, 2.05) is 19.1 Å². The average Bonchev–Trinajstić information content (AvgIpc) is 3.28. The summed E-state index contributed by atoms with van der Waals surface area (Å²) >= 11 is 0.753. The largest absolute Gasteiger partial charge is 0.490 e. The molecule has 1 N–H and O–H groups in total. The number of hydrogen-bond donors (Lipinski definition) is 1. The van der Waals surface area contributed by atoms with Crippen molar-refractivity contribution in [2.24, 2.45) is 0 Å². The molecule has 2 heterocycles. The fourth-order valence-electron chi connectivity index (χ4n) is 4.63.